The summed E-state index contributed by atoms with van der Waals surface area (Å²) in [7, 11) is 0. The number of pyridine rings is 1. The quantitative estimate of drug-likeness (QED) is 0.833. The minimum atomic E-state index is 0.0829. The number of hydrogen-bond donors (Lipinski definition) is 1. The first-order valence-electron chi connectivity index (χ1n) is 6.34. The van der Waals surface area contributed by atoms with Gasteiger partial charge < -0.3 is 10.3 Å². The van der Waals surface area contributed by atoms with Crippen LogP contribution in [0.15, 0.2) is 28.9 Å². The third-order valence-electron chi connectivity index (χ3n) is 3.30. The normalized spacial score (nSPS) is 22.1. The fourth-order valence-corrected chi connectivity index (χ4v) is 2.34. The molecule has 2 aromatic heterocycles. The molecule has 2 unspecified atom stereocenters. The molecule has 0 bridgehead atoms. The lowest BCUT2D eigenvalue weighted by atomic mass is 10.1. The highest BCUT2D eigenvalue weighted by molar-refractivity contribution is 5.54. The number of aryl methyl sites for hydroxylation is 2. The number of nitrogens with zero attached hydrogens (tertiary/aromatic N) is 3. The smallest absolute Gasteiger partial charge is 0.234 e. The van der Waals surface area contributed by atoms with E-state index < -0.39 is 0 Å². The van der Waals surface area contributed by atoms with Crippen LogP contribution >= 0.6 is 0 Å². The Morgan fingerprint density at radius 2 is 2.16 bits per heavy atom. The largest absolute Gasteiger partial charge is 0.338 e. The summed E-state index contributed by atoms with van der Waals surface area (Å²) in [6.07, 6.45) is 6.63. The van der Waals surface area contributed by atoms with Crippen LogP contribution in [0.3, 0.4) is 0 Å². The average molecular weight is 256 g/mol. The molecule has 2 heterocycles. The lowest BCUT2D eigenvalue weighted by Crippen LogP contribution is -2.14. The number of allylic oxidation sites excluding steroid dienone is 1. The second-order valence-electron chi connectivity index (χ2n) is 5.03. The van der Waals surface area contributed by atoms with E-state index in [0.717, 1.165) is 23.2 Å². The topological polar surface area (TPSA) is 77.8 Å². The minimum absolute atomic E-state index is 0.0829. The predicted octanol–water partition coefficient (Wildman–Crippen LogP) is 2.12. The van der Waals surface area contributed by atoms with E-state index in [0.29, 0.717) is 11.7 Å². The maximum atomic E-state index is 5.83. The number of nitrogens with two attached hydrogens (primary N) is 1. The third-order valence-corrected chi connectivity index (χ3v) is 3.30. The van der Waals surface area contributed by atoms with E-state index in [1.165, 1.54) is 0 Å². The molecule has 19 heavy (non-hydrogen) atoms. The molecule has 2 atom stereocenters. The van der Waals surface area contributed by atoms with E-state index in [4.69, 9.17) is 10.3 Å². The fourth-order valence-electron chi connectivity index (χ4n) is 2.34. The molecule has 3 rings (SSSR count). The van der Waals surface area contributed by atoms with Crippen molar-refractivity contribution < 1.29 is 4.52 Å². The molecule has 0 aliphatic heterocycles. The van der Waals surface area contributed by atoms with E-state index in [2.05, 4.69) is 21.2 Å². The first kappa shape index (κ1) is 12.0. The van der Waals surface area contributed by atoms with Crippen molar-refractivity contribution in [2.24, 2.45) is 5.73 Å². The second kappa shape index (κ2) is 4.59. The van der Waals surface area contributed by atoms with Gasteiger partial charge in [0.2, 0.25) is 11.7 Å². The zero-order valence-electron chi connectivity index (χ0n) is 11.0. The molecule has 5 nitrogen and oxygen atoms in total. The Labute approximate surface area is 111 Å². The van der Waals surface area contributed by atoms with Gasteiger partial charge >= 0.3 is 0 Å². The average Bonchev–Trinajstić information content (AvgIpc) is 2.97. The molecular formula is C14H16N4O. The molecule has 0 amide bonds. The standard InChI is InChI=1S/C14H16N4O/c1-8-5-9(2)12(16-7-8)13-17-14(19-18-13)10-3-4-11(15)6-10/h3-5,7,10-11H,6,15H2,1-2H3. The zero-order chi connectivity index (χ0) is 13.4. The molecule has 0 radical (unpaired) electrons. The van der Waals surface area contributed by atoms with Crippen molar-refractivity contribution in [2.75, 3.05) is 0 Å². The van der Waals surface area contributed by atoms with Crippen LogP contribution in [0.5, 0.6) is 0 Å². The summed E-state index contributed by atoms with van der Waals surface area (Å²) >= 11 is 0. The van der Waals surface area contributed by atoms with Crippen LogP contribution in [0.4, 0.5) is 0 Å². The van der Waals surface area contributed by atoms with Crippen molar-refractivity contribution in [1.82, 2.24) is 15.1 Å². The number of aromatic nitrogens is 3. The van der Waals surface area contributed by atoms with Crippen molar-refractivity contribution >= 4 is 0 Å². The molecule has 1 aliphatic rings. The molecule has 2 aromatic rings. The highest BCUT2D eigenvalue weighted by Gasteiger charge is 2.23. The van der Waals surface area contributed by atoms with E-state index in [-0.39, 0.29) is 12.0 Å². The summed E-state index contributed by atoms with van der Waals surface area (Å²) in [6, 6.07) is 2.14. The Bertz CT molecular complexity index is 632. The molecule has 0 saturated heterocycles. The molecule has 0 saturated carbocycles. The molecule has 98 valence electrons. The minimum Gasteiger partial charge on any atom is -0.338 e. The Morgan fingerprint density at radius 3 is 2.84 bits per heavy atom. The maximum absolute atomic E-state index is 5.83. The number of rotatable bonds is 2. The summed E-state index contributed by atoms with van der Waals surface area (Å²) in [5.41, 5.74) is 8.77. The summed E-state index contributed by atoms with van der Waals surface area (Å²) < 4.78 is 5.33. The van der Waals surface area contributed by atoms with Crippen molar-refractivity contribution in [1.29, 1.82) is 0 Å². The maximum Gasteiger partial charge on any atom is 0.234 e. The van der Waals surface area contributed by atoms with E-state index in [9.17, 15) is 0 Å². The lowest BCUT2D eigenvalue weighted by molar-refractivity contribution is 0.364. The van der Waals surface area contributed by atoms with Gasteiger partial charge in [-0.2, -0.15) is 4.98 Å². The van der Waals surface area contributed by atoms with Crippen LogP contribution in [0.2, 0.25) is 0 Å². The van der Waals surface area contributed by atoms with E-state index >= 15 is 0 Å². The first-order valence-corrected chi connectivity index (χ1v) is 6.34. The van der Waals surface area contributed by atoms with Gasteiger partial charge in [0.05, 0.1) is 5.92 Å². The van der Waals surface area contributed by atoms with Crippen LogP contribution in [0.1, 0.15) is 29.4 Å². The number of hydrogen-bond acceptors (Lipinski definition) is 5. The Kier molecular flexibility index (Phi) is 2.91. The van der Waals surface area contributed by atoms with Crippen molar-refractivity contribution in [2.45, 2.75) is 32.2 Å². The molecule has 2 N–H and O–H groups in total. The second-order valence-corrected chi connectivity index (χ2v) is 5.03. The Morgan fingerprint density at radius 1 is 1.32 bits per heavy atom. The molecule has 5 heteroatoms. The van der Waals surface area contributed by atoms with Gasteiger partial charge in [0.1, 0.15) is 5.69 Å². The molecule has 0 aromatic carbocycles. The van der Waals surface area contributed by atoms with Crippen molar-refractivity contribution in [3.8, 4) is 11.5 Å². The Hall–Kier alpha value is -2.01. The SMILES string of the molecule is Cc1cnc(-c2noc(C3C=CC(N)C3)n2)c(C)c1. The van der Waals surface area contributed by atoms with Gasteiger partial charge in [-0.1, -0.05) is 23.4 Å². The van der Waals surface area contributed by atoms with Gasteiger partial charge in [0.15, 0.2) is 0 Å². The monoisotopic (exact) mass is 256 g/mol. The van der Waals surface area contributed by atoms with Gasteiger partial charge in [-0.05, 0) is 31.4 Å². The highest BCUT2D eigenvalue weighted by atomic mass is 16.5. The van der Waals surface area contributed by atoms with Crippen LogP contribution in [0.25, 0.3) is 11.5 Å². The van der Waals surface area contributed by atoms with Gasteiger partial charge in [-0.15, -0.1) is 0 Å². The highest BCUT2D eigenvalue weighted by Crippen LogP contribution is 2.28. The molecular weight excluding hydrogens is 240 g/mol. The molecule has 0 fully saturated rings. The Balaban J connectivity index is 1.91. The lowest BCUT2D eigenvalue weighted by Gasteiger charge is -2.02. The van der Waals surface area contributed by atoms with Gasteiger partial charge in [-0.25, -0.2) is 0 Å². The van der Waals surface area contributed by atoms with Gasteiger partial charge in [0, 0.05) is 12.2 Å². The van der Waals surface area contributed by atoms with Crippen LogP contribution in [-0.2, 0) is 0 Å². The van der Waals surface area contributed by atoms with Crippen LogP contribution in [0, 0.1) is 13.8 Å². The van der Waals surface area contributed by atoms with E-state index in [1.807, 2.05) is 32.2 Å². The predicted molar refractivity (Wildman–Crippen MR) is 71.5 cm³/mol. The van der Waals surface area contributed by atoms with Crippen molar-refractivity contribution in [3.63, 3.8) is 0 Å². The molecule has 0 spiro atoms. The summed E-state index contributed by atoms with van der Waals surface area (Å²) in [4.78, 5) is 8.82. The summed E-state index contributed by atoms with van der Waals surface area (Å²) in [5.74, 6) is 1.28. The third kappa shape index (κ3) is 2.29. The van der Waals surface area contributed by atoms with E-state index in [1.54, 1.807) is 0 Å². The summed E-state index contributed by atoms with van der Waals surface area (Å²) in [5, 5.41) is 4.02. The van der Waals surface area contributed by atoms with Crippen LogP contribution in [-0.4, -0.2) is 21.2 Å². The first-order chi connectivity index (χ1) is 9.13. The summed E-state index contributed by atoms with van der Waals surface area (Å²) in [6.45, 7) is 4.01. The molecule has 1 aliphatic carbocycles. The van der Waals surface area contributed by atoms with Crippen LogP contribution < -0.4 is 5.73 Å². The van der Waals surface area contributed by atoms with Gasteiger partial charge in [0.25, 0.3) is 0 Å². The van der Waals surface area contributed by atoms with Gasteiger partial charge in [-0.3, -0.25) is 4.98 Å². The fraction of sp³-hybridized carbons (Fsp3) is 0.357. The zero-order valence-corrected chi connectivity index (χ0v) is 11.0. The van der Waals surface area contributed by atoms with Crippen molar-refractivity contribution in [3.05, 3.63) is 41.4 Å².